The molecule has 3 aromatic rings. The maximum atomic E-state index is 4.52. The molecule has 0 fully saturated rings. The molecule has 0 amide bonds. The number of aromatic nitrogens is 5. The van der Waals surface area contributed by atoms with Gasteiger partial charge < -0.3 is 0 Å². The van der Waals surface area contributed by atoms with Crippen molar-refractivity contribution in [2.45, 2.75) is 5.16 Å². The minimum atomic E-state index is 0.616. The maximum Gasteiger partial charge on any atom is 0.209 e. The lowest BCUT2D eigenvalue weighted by atomic mass is 10.1. The molecule has 0 saturated carbocycles. The van der Waals surface area contributed by atoms with Crippen LogP contribution in [0.15, 0.2) is 53.9 Å². The number of nitrogens with zero attached hydrogens (tertiary/aromatic N) is 5. The SMILES string of the molecule is CSc1nnc(-c2ccccn2)c(-c2ccccn2)n1. The summed E-state index contributed by atoms with van der Waals surface area (Å²) in [5.41, 5.74) is 2.84. The summed E-state index contributed by atoms with van der Waals surface area (Å²) in [7, 11) is 0. The van der Waals surface area contributed by atoms with Crippen LogP contribution >= 0.6 is 11.8 Å². The van der Waals surface area contributed by atoms with E-state index >= 15 is 0 Å². The fourth-order valence-corrected chi connectivity index (χ4v) is 2.06. The van der Waals surface area contributed by atoms with Crippen molar-refractivity contribution in [1.29, 1.82) is 0 Å². The Morgan fingerprint density at radius 1 is 0.800 bits per heavy atom. The van der Waals surface area contributed by atoms with E-state index in [-0.39, 0.29) is 0 Å². The second kappa shape index (κ2) is 5.75. The van der Waals surface area contributed by atoms with Gasteiger partial charge in [-0.2, -0.15) is 0 Å². The maximum absolute atomic E-state index is 4.52. The van der Waals surface area contributed by atoms with E-state index in [0.717, 1.165) is 11.4 Å². The molecule has 0 aliphatic rings. The quantitative estimate of drug-likeness (QED) is 0.688. The number of rotatable bonds is 3. The van der Waals surface area contributed by atoms with Gasteiger partial charge in [0.05, 0.1) is 11.4 Å². The van der Waals surface area contributed by atoms with Crippen molar-refractivity contribution in [3.63, 3.8) is 0 Å². The Balaban J connectivity index is 2.20. The lowest BCUT2D eigenvalue weighted by Gasteiger charge is -2.06. The van der Waals surface area contributed by atoms with Gasteiger partial charge in [-0.1, -0.05) is 23.9 Å². The standard InChI is InChI=1S/C14H11N5S/c1-20-14-17-12(10-6-2-4-8-15-10)13(18-19-14)11-7-3-5-9-16-11/h2-9H,1H3. The number of hydrogen-bond acceptors (Lipinski definition) is 6. The molecule has 3 heterocycles. The first-order valence-corrected chi connectivity index (χ1v) is 7.22. The van der Waals surface area contributed by atoms with E-state index in [1.165, 1.54) is 11.8 Å². The highest BCUT2D eigenvalue weighted by molar-refractivity contribution is 7.98. The minimum absolute atomic E-state index is 0.616. The molecule has 98 valence electrons. The number of pyridine rings is 2. The Kier molecular flexibility index (Phi) is 3.64. The van der Waals surface area contributed by atoms with Gasteiger partial charge >= 0.3 is 0 Å². The summed E-state index contributed by atoms with van der Waals surface area (Å²) in [6.07, 6.45) is 5.37. The molecule has 0 saturated heterocycles. The van der Waals surface area contributed by atoms with Gasteiger partial charge in [0.1, 0.15) is 11.4 Å². The van der Waals surface area contributed by atoms with Crippen LogP contribution in [0.2, 0.25) is 0 Å². The summed E-state index contributed by atoms with van der Waals surface area (Å²) < 4.78 is 0. The van der Waals surface area contributed by atoms with E-state index in [2.05, 4.69) is 25.1 Å². The topological polar surface area (TPSA) is 64.5 Å². The van der Waals surface area contributed by atoms with E-state index in [4.69, 9.17) is 0 Å². The number of thioether (sulfide) groups is 1. The second-order valence-corrected chi connectivity index (χ2v) is 4.70. The Morgan fingerprint density at radius 2 is 1.45 bits per heavy atom. The first-order valence-electron chi connectivity index (χ1n) is 6.00. The van der Waals surface area contributed by atoms with Crippen molar-refractivity contribution < 1.29 is 0 Å². The predicted octanol–water partition coefficient (Wildman–Crippen LogP) is 2.72. The third-order valence-corrected chi connectivity index (χ3v) is 3.20. The van der Waals surface area contributed by atoms with Crippen molar-refractivity contribution in [2.24, 2.45) is 0 Å². The molecule has 0 spiro atoms. The summed E-state index contributed by atoms with van der Waals surface area (Å²) in [6, 6.07) is 11.4. The summed E-state index contributed by atoms with van der Waals surface area (Å²) >= 11 is 1.45. The normalized spacial score (nSPS) is 10.4. The van der Waals surface area contributed by atoms with Crippen molar-refractivity contribution in [3.05, 3.63) is 48.8 Å². The molecular weight excluding hydrogens is 270 g/mol. The fraction of sp³-hybridized carbons (Fsp3) is 0.0714. The highest BCUT2D eigenvalue weighted by Crippen LogP contribution is 2.26. The van der Waals surface area contributed by atoms with E-state index in [1.807, 2.05) is 42.7 Å². The van der Waals surface area contributed by atoms with Crippen molar-refractivity contribution in [3.8, 4) is 22.8 Å². The Labute approximate surface area is 120 Å². The molecule has 0 radical (unpaired) electrons. The van der Waals surface area contributed by atoms with Crippen LogP contribution in [-0.4, -0.2) is 31.4 Å². The average molecular weight is 281 g/mol. The van der Waals surface area contributed by atoms with Crippen molar-refractivity contribution >= 4 is 11.8 Å². The van der Waals surface area contributed by atoms with E-state index in [0.29, 0.717) is 16.5 Å². The monoisotopic (exact) mass is 281 g/mol. The van der Waals surface area contributed by atoms with Gasteiger partial charge in [-0.25, -0.2) is 4.98 Å². The van der Waals surface area contributed by atoms with Crippen LogP contribution < -0.4 is 0 Å². The molecule has 0 N–H and O–H groups in total. The first-order chi connectivity index (χ1) is 9.88. The minimum Gasteiger partial charge on any atom is -0.255 e. The smallest absolute Gasteiger partial charge is 0.209 e. The van der Waals surface area contributed by atoms with Gasteiger partial charge in [0.15, 0.2) is 0 Å². The molecule has 6 heteroatoms. The van der Waals surface area contributed by atoms with Crippen LogP contribution in [0.5, 0.6) is 0 Å². The van der Waals surface area contributed by atoms with Crippen LogP contribution in [0.1, 0.15) is 0 Å². The molecule has 0 aromatic carbocycles. The lowest BCUT2D eigenvalue weighted by Crippen LogP contribution is -2.00. The third kappa shape index (κ3) is 2.50. The van der Waals surface area contributed by atoms with Gasteiger partial charge in [-0.3, -0.25) is 9.97 Å². The summed E-state index contributed by atoms with van der Waals surface area (Å²) in [5, 5.41) is 8.97. The average Bonchev–Trinajstić information content (AvgIpc) is 2.56. The Hall–Kier alpha value is -2.34. The Morgan fingerprint density at radius 3 is 2.00 bits per heavy atom. The van der Waals surface area contributed by atoms with E-state index in [1.54, 1.807) is 12.4 Å². The van der Waals surface area contributed by atoms with Gasteiger partial charge in [-0.05, 0) is 30.5 Å². The molecule has 0 atom stereocenters. The summed E-state index contributed by atoms with van der Waals surface area (Å²) in [6.45, 7) is 0. The summed E-state index contributed by atoms with van der Waals surface area (Å²) in [5.74, 6) is 0. The molecule has 0 bridgehead atoms. The molecular formula is C14H11N5S. The van der Waals surface area contributed by atoms with Gasteiger partial charge in [0.25, 0.3) is 0 Å². The van der Waals surface area contributed by atoms with Gasteiger partial charge in [0, 0.05) is 12.4 Å². The highest BCUT2D eigenvalue weighted by atomic mass is 32.2. The van der Waals surface area contributed by atoms with Crippen molar-refractivity contribution in [1.82, 2.24) is 25.1 Å². The van der Waals surface area contributed by atoms with Gasteiger partial charge in [-0.15, -0.1) is 10.2 Å². The molecule has 20 heavy (non-hydrogen) atoms. The largest absolute Gasteiger partial charge is 0.255 e. The van der Waals surface area contributed by atoms with Crippen LogP contribution in [0.3, 0.4) is 0 Å². The molecule has 3 rings (SSSR count). The zero-order chi connectivity index (χ0) is 13.8. The van der Waals surface area contributed by atoms with E-state index < -0.39 is 0 Å². The molecule has 0 aliphatic heterocycles. The molecule has 0 unspecified atom stereocenters. The second-order valence-electron chi connectivity index (χ2n) is 3.93. The molecule has 3 aromatic heterocycles. The zero-order valence-electron chi connectivity index (χ0n) is 10.8. The number of hydrogen-bond donors (Lipinski definition) is 0. The highest BCUT2D eigenvalue weighted by Gasteiger charge is 2.14. The van der Waals surface area contributed by atoms with Crippen LogP contribution in [0, 0.1) is 0 Å². The van der Waals surface area contributed by atoms with Gasteiger partial charge in [0.2, 0.25) is 5.16 Å². The van der Waals surface area contributed by atoms with Crippen LogP contribution in [-0.2, 0) is 0 Å². The Bertz CT molecular complexity index is 703. The fourth-order valence-electron chi connectivity index (χ4n) is 1.75. The first kappa shape index (κ1) is 12.7. The zero-order valence-corrected chi connectivity index (χ0v) is 11.6. The van der Waals surface area contributed by atoms with Crippen LogP contribution in [0.25, 0.3) is 22.8 Å². The molecule has 5 nitrogen and oxygen atoms in total. The lowest BCUT2D eigenvalue weighted by molar-refractivity contribution is 0.847. The third-order valence-electron chi connectivity index (χ3n) is 2.66. The predicted molar refractivity (Wildman–Crippen MR) is 78.1 cm³/mol. The van der Waals surface area contributed by atoms with Crippen LogP contribution in [0.4, 0.5) is 0 Å². The van der Waals surface area contributed by atoms with Crippen molar-refractivity contribution in [2.75, 3.05) is 6.26 Å². The van der Waals surface area contributed by atoms with E-state index in [9.17, 15) is 0 Å². The molecule has 0 aliphatic carbocycles. The summed E-state index contributed by atoms with van der Waals surface area (Å²) in [4.78, 5) is 13.2.